The zero-order valence-electron chi connectivity index (χ0n) is 10.0. The first-order valence-electron chi connectivity index (χ1n) is 5.40. The van der Waals surface area contributed by atoms with Crippen LogP contribution in [0.15, 0.2) is 22.7 Å². The van der Waals surface area contributed by atoms with Crippen LogP contribution in [0.25, 0.3) is 0 Å². The third kappa shape index (κ3) is 2.87. The van der Waals surface area contributed by atoms with Crippen LogP contribution in [0.4, 0.5) is 0 Å². The fourth-order valence-electron chi connectivity index (χ4n) is 1.54. The standard InChI is InChI=1S/C12H12ClN3O2/c1-7-5-9(13)3-4-10(7)12(17)14-6-11-15-8(2)16-18-11/h3-5H,6H2,1-2H3,(H,14,17). The number of aryl methyl sites for hydroxylation is 2. The maximum absolute atomic E-state index is 11.9. The second-order valence-corrected chi connectivity index (χ2v) is 4.31. The van der Waals surface area contributed by atoms with Gasteiger partial charge in [0.15, 0.2) is 5.82 Å². The van der Waals surface area contributed by atoms with Gasteiger partial charge < -0.3 is 9.84 Å². The molecule has 0 spiro atoms. The molecular formula is C12H12ClN3O2. The van der Waals surface area contributed by atoms with Gasteiger partial charge in [-0.1, -0.05) is 16.8 Å². The van der Waals surface area contributed by atoms with Gasteiger partial charge >= 0.3 is 0 Å². The van der Waals surface area contributed by atoms with Gasteiger partial charge in [0.2, 0.25) is 5.89 Å². The molecule has 0 fully saturated rings. The van der Waals surface area contributed by atoms with Crippen molar-refractivity contribution < 1.29 is 9.32 Å². The largest absolute Gasteiger partial charge is 0.343 e. The lowest BCUT2D eigenvalue weighted by Gasteiger charge is -2.06. The molecule has 94 valence electrons. The van der Waals surface area contributed by atoms with E-state index in [1.165, 1.54) is 0 Å². The van der Waals surface area contributed by atoms with Crippen LogP contribution in [0, 0.1) is 13.8 Å². The molecule has 0 saturated heterocycles. The second kappa shape index (κ2) is 5.18. The van der Waals surface area contributed by atoms with Crippen molar-refractivity contribution >= 4 is 17.5 Å². The summed E-state index contributed by atoms with van der Waals surface area (Å²) in [4.78, 5) is 15.9. The Labute approximate surface area is 109 Å². The van der Waals surface area contributed by atoms with Crippen molar-refractivity contribution in [2.45, 2.75) is 20.4 Å². The Balaban J connectivity index is 2.03. The number of rotatable bonds is 3. The number of benzene rings is 1. The van der Waals surface area contributed by atoms with Gasteiger partial charge in [-0.3, -0.25) is 4.79 Å². The Morgan fingerprint density at radius 2 is 2.22 bits per heavy atom. The van der Waals surface area contributed by atoms with Crippen molar-refractivity contribution in [3.05, 3.63) is 46.1 Å². The van der Waals surface area contributed by atoms with Crippen molar-refractivity contribution in [1.29, 1.82) is 0 Å². The highest BCUT2D eigenvalue weighted by molar-refractivity contribution is 6.30. The lowest BCUT2D eigenvalue weighted by molar-refractivity contribution is 0.0945. The number of hydrogen-bond donors (Lipinski definition) is 1. The van der Waals surface area contributed by atoms with E-state index in [0.29, 0.717) is 22.3 Å². The van der Waals surface area contributed by atoms with E-state index < -0.39 is 0 Å². The highest BCUT2D eigenvalue weighted by atomic mass is 35.5. The van der Waals surface area contributed by atoms with Gasteiger partial charge in [0.25, 0.3) is 5.91 Å². The number of aromatic nitrogens is 2. The molecule has 2 rings (SSSR count). The van der Waals surface area contributed by atoms with Crippen molar-refractivity contribution in [3.8, 4) is 0 Å². The summed E-state index contributed by atoms with van der Waals surface area (Å²) in [6.45, 7) is 3.76. The lowest BCUT2D eigenvalue weighted by Crippen LogP contribution is -2.23. The number of nitrogens with zero attached hydrogens (tertiary/aromatic N) is 2. The minimum absolute atomic E-state index is 0.194. The first-order chi connectivity index (χ1) is 8.56. The summed E-state index contributed by atoms with van der Waals surface area (Å²) in [6, 6.07) is 5.11. The Morgan fingerprint density at radius 3 is 2.83 bits per heavy atom. The smallest absolute Gasteiger partial charge is 0.251 e. The monoisotopic (exact) mass is 265 g/mol. The summed E-state index contributed by atoms with van der Waals surface area (Å²) in [7, 11) is 0. The molecule has 0 aliphatic heterocycles. The fraction of sp³-hybridized carbons (Fsp3) is 0.250. The Hall–Kier alpha value is -1.88. The van der Waals surface area contributed by atoms with Gasteiger partial charge in [-0.15, -0.1) is 0 Å². The average molecular weight is 266 g/mol. The van der Waals surface area contributed by atoms with Gasteiger partial charge in [-0.25, -0.2) is 0 Å². The number of amides is 1. The molecule has 5 nitrogen and oxygen atoms in total. The minimum atomic E-state index is -0.194. The molecule has 0 radical (unpaired) electrons. The first-order valence-corrected chi connectivity index (χ1v) is 5.77. The minimum Gasteiger partial charge on any atom is -0.343 e. The van der Waals surface area contributed by atoms with E-state index in [-0.39, 0.29) is 12.5 Å². The molecule has 1 heterocycles. The predicted octanol–water partition coefficient (Wildman–Crippen LogP) is 2.27. The molecule has 0 aliphatic carbocycles. The maximum atomic E-state index is 11.9. The molecule has 0 saturated carbocycles. The SMILES string of the molecule is Cc1noc(CNC(=O)c2ccc(Cl)cc2C)n1. The number of carbonyl (C=O) groups is 1. The van der Waals surface area contributed by atoms with Gasteiger partial charge in [0.1, 0.15) is 0 Å². The molecular weight excluding hydrogens is 254 g/mol. The van der Waals surface area contributed by atoms with Crippen LogP contribution in [-0.4, -0.2) is 16.0 Å². The van der Waals surface area contributed by atoms with Crippen LogP contribution < -0.4 is 5.32 Å². The molecule has 0 aliphatic rings. The van der Waals surface area contributed by atoms with E-state index in [1.54, 1.807) is 25.1 Å². The van der Waals surface area contributed by atoms with Crippen LogP contribution >= 0.6 is 11.6 Å². The third-order valence-corrected chi connectivity index (χ3v) is 2.64. The zero-order valence-corrected chi connectivity index (χ0v) is 10.8. The predicted molar refractivity (Wildman–Crippen MR) is 66.4 cm³/mol. The number of halogens is 1. The van der Waals surface area contributed by atoms with E-state index in [9.17, 15) is 4.79 Å². The van der Waals surface area contributed by atoms with Crippen LogP contribution in [0.1, 0.15) is 27.6 Å². The van der Waals surface area contributed by atoms with Crippen molar-refractivity contribution in [2.24, 2.45) is 0 Å². The molecule has 1 aromatic heterocycles. The van der Waals surface area contributed by atoms with Gasteiger partial charge in [-0.2, -0.15) is 4.98 Å². The van der Waals surface area contributed by atoms with E-state index in [0.717, 1.165) is 5.56 Å². The number of hydrogen-bond acceptors (Lipinski definition) is 4. The number of carbonyl (C=O) groups excluding carboxylic acids is 1. The Morgan fingerprint density at radius 1 is 1.44 bits per heavy atom. The van der Waals surface area contributed by atoms with Crippen LogP contribution in [0.2, 0.25) is 5.02 Å². The molecule has 1 amide bonds. The zero-order chi connectivity index (χ0) is 13.1. The summed E-state index contributed by atoms with van der Waals surface area (Å²) >= 11 is 5.83. The summed E-state index contributed by atoms with van der Waals surface area (Å²) in [5, 5.41) is 6.96. The van der Waals surface area contributed by atoms with Crippen LogP contribution in [0.5, 0.6) is 0 Å². The normalized spacial score (nSPS) is 10.4. The van der Waals surface area contributed by atoms with E-state index >= 15 is 0 Å². The molecule has 0 bridgehead atoms. The molecule has 6 heteroatoms. The summed E-state index contributed by atoms with van der Waals surface area (Å²) in [6.07, 6.45) is 0. The Kier molecular flexibility index (Phi) is 3.62. The van der Waals surface area contributed by atoms with Gasteiger partial charge in [-0.05, 0) is 37.6 Å². The van der Waals surface area contributed by atoms with Crippen LogP contribution in [-0.2, 0) is 6.54 Å². The number of nitrogens with one attached hydrogen (secondary N) is 1. The quantitative estimate of drug-likeness (QED) is 0.924. The summed E-state index contributed by atoms with van der Waals surface area (Å²) < 4.78 is 4.90. The van der Waals surface area contributed by atoms with E-state index in [2.05, 4.69) is 15.5 Å². The van der Waals surface area contributed by atoms with Gasteiger partial charge in [0, 0.05) is 10.6 Å². The van der Waals surface area contributed by atoms with E-state index in [1.807, 2.05) is 6.92 Å². The molecule has 18 heavy (non-hydrogen) atoms. The molecule has 0 unspecified atom stereocenters. The Bertz CT molecular complexity index is 580. The molecule has 2 aromatic rings. The highest BCUT2D eigenvalue weighted by Crippen LogP contribution is 2.15. The van der Waals surface area contributed by atoms with Gasteiger partial charge in [0.05, 0.1) is 6.54 Å². The third-order valence-electron chi connectivity index (χ3n) is 2.40. The lowest BCUT2D eigenvalue weighted by atomic mass is 10.1. The highest BCUT2D eigenvalue weighted by Gasteiger charge is 2.10. The van der Waals surface area contributed by atoms with Crippen molar-refractivity contribution in [3.63, 3.8) is 0 Å². The van der Waals surface area contributed by atoms with E-state index in [4.69, 9.17) is 16.1 Å². The molecule has 1 aromatic carbocycles. The second-order valence-electron chi connectivity index (χ2n) is 3.88. The topological polar surface area (TPSA) is 68.0 Å². The first kappa shape index (κ1) is 12.6. The maximum Gasteiger partial charge on any atom is 0.251 e. The van der Waals surface area contributed by atoms with Crippen molar-refractivity contribution in [1.82, 2.24) is 15.5 Å². The summed E-state index contributed by atoms with van der Waals surface area (Å²) in [5.74, 6) is 0.731. The fourth-order valence-corrected chi connectivity index (χ4v) is 1.77. The molecule has 0 atom stereocenters. The van der Waals surface area contributed by atoms with Crippen LogP contribution in [0.3, 0.4) is 0 Å². The summed E-state index contributed by atoms with van der Waals surface area (Å²) in [5.41, 5.74) is 1.40. The average Bonchev–Trinajstić information content (AvgIpc) is 2.72. The van der Waals surface area contributed by atoms with Crippen molar-refractivity contribution in [2.75, 3.05) is 0 Å². The molecule has 1 N–H and O–H groups in total.